The summed E-state index contributed by atoms with van der Waals surface area (Å²) in [6.07, 6.45) is -10.4. The van der Waals surface area contributed by atoms with Gasteiger partial charge in [-0.2, -0.15) is 30.6 Å². The molecule has 0 radical (unpaired) electrons. The van der Waals surface area contributed by atoms with Crippen LogP contribution in [-0.4, -0.2) is 58.2 Å². The van der Waals surface area contributed by atoms with Gasteiger partial charge in [-0.3, -0.25) is 4.79 Å². The molecule has 0 unspecified atom stereocenters. The maximum Gasteiger partial charge on any atom is 0.416 e. The van der Waals surface area contributed by atoms with Gasteiger partial charge in [0.05, 0.1) is 34.1 Å². The number of halogens is 6. The van der Waals surface area contributed by atoms with E-state index in [2.05, 4.69) is 5.32 Å². The number of carbonyl (C=O) groups excluding carboxylic acids is 1. The lowest BCUT2D eigenvalue weighted by molar-refractivity contribution is -0.143. The van der Waals surface area contributed by atoms with E-state index in [0.717, 1.165) is 7.05 Å². The molecule has 1 fully saturated rings. The number of carbonyl (C=O) groups is 1. The van der Waals surface area contributed by atoms with Crippen LogP contribution in [0.1, 0.15) is 17.5 Å². The zero-order valence-electron chi connectivity index (χ0n) is 15.2. The van der Waals surface area contributed by atoms with Crippen LogP contribution in [0.25, 0.3) is 0 Å². The van der Waals surface area contributed by atoms with E-state index in [0.29, 0.717) is 0 Å². The van der Waals surface area contributed by atoms with Gasteiger partial charge in [0.15, 0.2) is 9.84 Å². The first kappa shape index (κ1) is 24.4. The lowest BCUT2D eigenvalue weighted by Crippen LogP contribution is -2.43. The van der Waals surface area contributed by atoms with Gasteiger partial charge in [0.2, 0.25) is 15.9 Å². The van der Waals surface area contributed by atoms with E-state index < -0.39 is 66.7 Å². The molecule has 0 bridgehead atoms. The molecule has 0 spiro atoms. The Morgan fingerprint density at radius 1 is 1.10 bits per heavy atom. The van der Waals surface area contributed by atoms with Gasteiger partial charge in [-0.25, -0.2) is 16.8 Å². The molecule has 170 valence electrons. The molecule has 1 aromatic carbocycles. The lowest BCUT2D eigenvalue weighted by atomic mass is 10.1. The number of hydrogen-bond donors (Lipinski definition) is 1. The highest BCUT2D eigenvalue weighted by Crippen LogP contribution is 2.37. The van der Waals surface area contributed by atoms with Crippen molar-refractivity contribution in [2.45, 2.75) is 29.7 Å². The van der Waals surface area contributed by atoms with E-state index in [1.807, 2.05) is 0 Å². The molecule has 1 saturated heterocycles. The van der Waals surface area contributed by atoms with Crippen molar-refractivity contribution in [1.29, 1.82) is 0 Å². The summed E-state index contributed by atoms with van der Waals surface area (Å²) in [4.78, 5) is 10.7. The molecule has 0 aromatic heterocycles. The summed E-state index contributed by atoms with van der Waals surface area (Å²) in [5.41, 5.74) is -3.63. The third kappa shape index (κ3) is 5.85. The second-order valence-corrected chi connectivity index (χ2v) is 10.9. The van der Waals surface area contributed by atoms with E-state index in [-0.39, 0.29) is 40.4 Å². The largest absolute Gasteiger partial charge is 0.416 e. The second kappa shape index (κ2) is 8.00. The molecule has 1 amide bonds. The van der Waals surface area contributed by atoms with Crippen molar-refractivity contribution in [3.63, 3.8) is 0 Å². The molecule has 7 nitrogen and oxygen atoms in total. The molecular weight excluding hydrogens is 466 g/mol. The van der Waals surface area contributed by atoms with Crippen LogP contribution in [-0.2, 0) is 37.0 Å². The first-order chi connectivity index (χ1) is 13.4. The van der Waals surface area contributed by atoms with E-state index in [1.165, 1.54) is 0 Å². The van der Waals surface area contributed by atoms with Gasteiger partial charge in [-0.1, -0.05) is 0 Å². The first-order valence-electron chi connectivity index (χ1n) is 8.17. The standard InChI is InChI=1S/C15H16F6N2O5S2/c1-23(7-13(24)22-11-2-3-29(25,26)8-11)30(27,28)12-5-9(14(16,17)18)4-10(6-12)15(19,20)21/h4-6,11H,2-3,7-8H2,1H3,(H,22,24)/t11-/m1/s1. The van der Waals surface area contributed by atoms with Crippen LogP contribution in [0.4, 0.5) is 26.3 Å². The summed E-state index contributed by atoms with van der Waals surface area (Å²) < 4.78 is 126. The van der Waals surface area contributed by atoms with Gasteiger partial charge in [-0.15, -0.1) is 0 Å². The third-order valence-corrected chi connectivity index (χ3v) is 7.78. The molecule has 1 N–H and O–H groups in total. The Hall–Kier alpha value is -1.87. The number of amides is 1. The highest BCUT2D eigenvalue weighted by molar-refractivity contribution is 7.91. The molecule has 1 aliphatic heterocycles. The van der Waals surface area contributed by atoms with Crippen molar-refractivity contribution in [2.24, 2.45) is 0 Å². The van der Waals surface area contributed by atoms with Crippen molar-refractivity contribution < 1.29 is 48.0 Å². The minimum absolute atomic E-state index is 0.0442. The monoisotopic (exact) mass is 482 g/mol. The average Bonchev–Trinajstić information content (AvgIpc) is 2.91. The van der Waals surface area contributed by atoms with Crippen molar-refractivity contribution >= 4 is 25.8 Å². The smallest absolute Gasteiger partial charge is 0.351 e. The van der Waals surface area contributed by atoms with Crippen LogP contribution in [0, 0.1) is 0 Å². The third-order valence-electron chi connectivity index (χ3n) is 4.23. The van der Waals surface area contributed by atoms with Gasteiger partial charge in [-0.05, 0) is 24.6 Å². The fourth-order valence-electron chi connectivity index (χ4n) is 2.72. The molecule has 1 aliphatic rings. The Kier molecular flexibility index (Phi) is 6.50. The SMILES string of the molecule is CN(CC(=O)N[C@@H]1CCS(=O)(=O)C1)S(=O)(=O)c1cc(C(F)(F)F)cc(C(F)(F)F)c1. The molecule has 1 aromatic rings. The van der Waals surface area contributed by atoms with E-state index in [4.69, 9.17) is 0 Å². The normalized spacial score (nSPS) is 19.8. The molecule has 0 saturated carbocycles. The number of sulfonamides is 1. The van der Waals surface area contributed by atoms with Crippen molar-refractivity contribution in [3.05, 3.63) is 29.3 Å². The number of rotatable bonds is 5. The number of hydrogen-bond acceptors (Lipinski definition) is 5. The minimum Gasteiger partial charge on any atom is -0.351 e. The lowest BCUT2D eigenvalue weighted by Gasteiger charge is -2.20. The minimum atomic E-state index is -5.24. The summed E-state index contributed by atoms with van der Waals surface area (Å²) in [7, 11) is -7.44. The highest BCUT2D eigenvalue weighted by Gasteiger charge is 2.39. The van der Waals surface area contributed by atoms with Crippen LogP contribution < -0.4 is 5.32 Å². The summed E-state index contributed by atoms with van der Waals surface area (Å²) in [5, 5.41) is 2.28. The summed E-state index contributed by atoms with van der Waals surface area (Å²) >= 11 is 0. The van der Waals surface area contributed by atoms with E-state index in [1.54, 1.807) is 0 Å². The van der Waals surface area contributed by atoms with Gasteiger partial charge in [0.1, 0.15) is 0 Å². The topological polar surface area (TPSA) is 101 Å². The highest BCUT2D eigenvalue weighted by atomic mass is 32.2. The maximum atomic E-state index is 12.9. The molecule has 0 aliphatic carbocycles. The number of sulfone groups is 1. The second-order valence-electron chi connectivity index (χ2n) is 6.67. The van der Waals surface area contributed by atoms with Crippen LogP contribution in [0.15, 0.2) is 23.1 Å². The Bertz CT molecular complexity index is 1000. The Morgan fingerprint density at radius 2 is 1.60 bits per heavy atom. The summed E-state index contributed by atoms with van der Waals surface area (Å²) in [6.45, 7) is -0.934. The fourth-order valence-corrected chi connectivity index (χ4v) is 5.60. The predicted octanol–water partition coefficient (Wildman–Crippen LogP) is 1.65. The number of likely N-dealkylation sites (N-methyl/N-ethyl adjacent to an activating group) is 1. The van der Waals surface area contributed by atoms with E-state index in [9.17, 15) is 48.0 Å². The van der Waals surface area contributed by atoms with Gasteiger partial charge in [0.25, 0.3) is 0 Å². The van der Waals surface area contributed by atoms with Crippen molar-refractivity contribution in [2.75, 3.05) is 25.1 Å². The van der Waals surface area contributed by atoms with Crippen LogP contribution in [0.5, 0.6) is 0 Å². The fraction of sp³-hybridized carbons (Fsp3) is 0.533. The van der Waals surface area contributed by atoms with Crippen LogP contribution in [0.2, 0.25) is 0 Å². The Labute approximate surface area is 168 Å². The zero-order valence-corrected chi connectivity index (χ0v) is 16.8. The molecule has 1 atom stereocenters. The predicted molar refractivity (Wildman–Crippen MR) is 91.5 cm³/mol. The number of alkyl halides is 6. The average molecular weight is 482 g/mol. The van der Waals surface area contributed by atoms with Crippen molar-refractivity contribution in [1.82, 2.24) is 9.62 Å². The zero-order chi connectivity index (χ0) is 23.1. The summed E-state index contributed by atoms with van der Waals surface area (Å²) in [5.74, 6) is -1.47. The number of nitrogens with zero attached hydrogens (tertiary/aromatic N) is 1. The van der Waals surface area contributed by atoms with Gasteiger partial charge < -0.3 is 5.32 Å². The maximum absolute atomic E-state index is 12.9. The Morgan fingerprint density at radius 3 is 2.00 bits per heavy atom. The van der Waals surface area contributed by atoms with E-state index >= 15 is 0 Å². The summed E-state index contributed by atoms with van der Waals surface area (Å²) in [6, 6.07) is -0.888. The molecule has 30 heavy (non-hydrogen) atoms. The number of nitrogens with one attached hydrogen (secondary N) is 1. The van der Waals surface area contributed by atoms with Crippen LogP contribution >= 0.6 is 0 Å². The quantitative estimate of drug-likeness (QED) is 0.644. The number of benzene rings is 1. The van der Waals surface area contributed by atoms with Crippen molar-refractivity contribution in [3.8, 4) is 0 Å². The molecular formula is C15H16F6N2O5S2. The Balaban J connectivity index is 2.27. The first-order valence-corrected chi connectivity index (χ1v) is 11.4. The molecule has 15 heteroatoms. The molecule has 2 rings (SSSR count). The molecule has 1 heterocycles. The van der Waals surface area contributed by atoms with Crippen LogP contribution in [0.3, 0.4) is 0 Å². The van der Waals surface area contributed by atoms with Gasteiger partial charge in [0, 0.05) is 13.1 Å². The van der Waals surface area contributed by atoms with Gasteiger partial charge >= 0.3 is 12.4 Å².